The van der Waals surface area contributed by atoms with Crippen molar-refractivity contribution in [1.29, 1.82) is 0 Å². The van der Waals surface area contributed by atoms with E-state index in [4.69, 9.17) is 11.6 Å². The lowest BCUT2D eigenvalue weighted by atomic mass is 10.2. The Labute approximate surface area is 117 Å². The van der Waals surface area contributed by atoms with Crippen molar-refractivity contribution in [2.75, 3.05) is 12.0 Å². The monoisotopic (exact) mass is 291 g/mol. The van der Waals surface area contributed by atoms with Gasteiger partial charge < -0.3 is 5.32 Å². The van der Waals surface area contributed by atoms with E-state index in [9.17, 15) is 4.21 Å². The van der Waals surface area contributed by atoms with Gasteiger partial charge in [0, 0.05) is 42.4 Å². The first kappa shape index (κ1) is 15.7. The highest BCUT2D eigenvalue weighted by atomic mass is 35.5. The molecule has 6 heteroatoms. The molecule has 2 unspecified atom stereocenters. The van der Waals surface area contributed by atoms with Gasteiger partial charge in [-0.3, -0.25) is 8.89 Å². The average Bonchev–Trinajstić information content (AvgIpc) is 2.59. The summed E-state index contributed by atoms with van der Waals surface area (Å²) < 4.78 is 12.9. The van der Waals surface area contributed by atoms with Gasteiger partial charge in [0.15, 0.2) is 0 Å². The fraction of sp³-hybridized carbons (Fsp3) is 0.750. The van der Waals surface area contributed by atoms with Crippen LogP contribution in [0.5, 0.6) is 0 Å². The summed E-state index contributed by atoms with van der Waals surface area (Å²) in [6.45, 7) is 4.84. The molecular weight excluding hydrogens is 270 g/mol. The number of aryl methyl sites for hydroxylation is 2. The first-order valence-corrected chi connectivity index (χ1v) is 8.29. The molecule has 0 fully saturated rings. The smallest absolute Gasteiger partial charge is 0.0863 e. The number of rotatable bonds is 7. The van der Waals surface area contributed by atoms with Crippen LogP contribution in [0, 0.1) is 0 Å². The van der Waals surface area contributed by atoms with Crippen molar-refractivity contribution < 1.29 is 4.21 Å². The molecule has 1 aromatic heterocycles. The predicted octanol–water partition coefficient (Wildman–Crippen LogP) is 1.88. The number of halogens is 1. The maximum absolute atomic E-state index is 11.0. The van der Waals surface area contributed by atoms with Crippen LogP contribution in [0.25, 0.3) is 0 Å². The number of nitrogens with one attached hydrogen (secondary N) is 1. The van der Waals surface area contributed by atoms with Gasteiger partial charge >= 0.3 is 0 Å². The fourth-order valence-corrected chi connectivity index (χ4v) is 2.77. The lowest BCUT2D eigenvalue weighted by Gasteiger charge is -2.13. The Morgan fingerprint density at radius 1 is 1.56 bits per heavy atom. The van der Waals surface area contributed by atoms with Crippen LogP contribution >= 0.6 is 11.6 Å². The van der Waals surface area contributed by atoms with Crippen molar-refractivity contribution in [2.45, 2.75) is 39.3 Å². The molecule has 1 rings (SSSR count). The van der Waals surface area contributed by atoms with Crippen molar-refractivity contribution in [2.24, 2.45) is 7.05 Å². The molecule has 0 saturated heterocycles. The summed E-state index contributed by atoms with van der Waals surface area (Å²) in [5.41, 5.74) is 1.95. The van der Waals surface area contributed by atoms with E-state index in [1.165, 1.54) is 0 Å². The van der Waals surface area contributed by atoms with Gasteiger partial charge in [-0.25, -0.2) is 0 Å². The molecule has 0 bridgehead atoms. The molecule has 0 aromatic carbocycles. The van der Waals surface area contributed by atoms with Crippen LogP contribution in [0.2, 0.25) is 5.02 Å². The van der Waals surface area contributed by atoms with E-state index in [-0.39, 0.29) is 0 Å². The van der Waals surface area contributed by atoms with E-state index in [1.54, 1.807) is 6.26 Å². The fourth-order valence-electron chi connectivity index (χ4n) is 1.73. The maximum Gasteiger partial charge on any atom is 0.0863 e. The van der Waals surface area contributed by atoms with Crippen LogP contribution in [0.4, 0.5) is 0 Å². The largest absolute Gasteiger partial charge is 0.309 e. The second-order valence-corrected chi connectivity index (χ2v) is 6.47. The molecular formula is C12H22ClN3OS. The van der Waals surface area contributed by atoms with Crippen molar-refractivity contribution in [3.8, 4) is 0 Å². The summed E-state index contributed by atoms with van der Waals surface area (Å²) in [5, 5.41) is 8.53. The molecule has 0 saturated carbocycles. The number of nitrogens with zero attached hydrogens (tertiary/aromatic N) is 2. The third kappa shape index (κ3) is 4.37. The molecule has 0 spiro atoms. The first-order valence-electron chi connectivity index (χ1n) is 6.19. The summed E-state index contributed by atoms with van der Waals surface area (Å²) in [4.78, 5) is 0. The highest BCUT2D eigenvalue weighted by molar-refractivity contribution is 7.84. The molecule has 0 radical (unpaired) electrons. The Morgan fingerprint density at radius 3 is 2.72 bits per heavy atom. The van der Waals surface area contributed by atoms with Crippen molar-refractivity contribution in [3.63, 3.8) is 0 Å². The van der Waals surface area contributed by atoms with Crippen LogP contribution in [0.1, 0.15) is 31.7 Å². The van der Waals surface area contributed by atoms with Gasteiger partial charge in [0.1, 0.15) is 0 Å². The Balaban J connectivity index is 2.53. The van der Waals surface area contributed by atoms with E-state index in [0.717, 1.165) is 35.0 Å². The minimum absolute atomic E-state index is 0.324. The lowest BCUT2D eigenvalue weighted by Crippen LogP contribution is -2.28. The molecule has 0 aliphatic rings. The molecule has 0 aliphatic heterocycles. The van der Waals surface area contributed by atoms with Crippen LogP contribution in [0.15, 0.2) is 0 Å². The minimum atomic E-state index is -0.724. The molecule has 1 N–H and O–H groups in total. The Morgan fingerprint density at radius 2 is 2.22 bits per heavy atom. The predicted molar refractivity (Wildman–Crippen MR) is 77.4 cm³/mol. The van der Waals surface area contributed by atoms with Gasteiger partial charge in [0.25, 0.3) is 0 Å². The Hall–Kier alpha value is -0.390. The molecule has 18 heavy (non-hydrogen) atoms. The Kier molecular flexibility index (Phi) is 6.32. The zero-order chi connectivity index (χ0) is 13.7. The van der Waals surface area contributed by atoms with Crippen molar-refractivity contribution in [1.82, 2.24) is 15.1 Å². The van der Waals surface area contributed by atoms with Gasteiger partial charge in [-0.2, -0.15) is 5.10 Å². The number of hydrogen-bond donors (Lipinski definition) is 1. The standard InChI is InChI=1S/C12H22ClN3OS/c1-5-10-12(13)11(16(3)15-10)8-14-9(2)6-7-18(4)17/h9,14H,5-8H2,1-4H3. The molecule has 4 nitrogen and oxygen atoms in total. The first-order chi connectivity index (χ1) is 8.45. The zero-order valence-electron chi connectivity index (χ0n) is 11.5. The molecule has 104 valence electrons. The van der Waals surface area contributed by atoms with E-state index in [1.807, 2.05) is 18.7 Å². The Bertz CT molecular complexity index is 420. The molecule has 1 heterocycles. The van der Waals surface area contributed by atoms with Gasteiger partial charge in [0.2, 0.25) is 0 Å². The van der Waals surface area contributed by atoms with Crippen molar-refractivity contribution in [3.05, 3.63) is 16.4 Å². The van der Waals surface area contributed by atoms with Gasteiger partial charge in [-0.1, -0.05) is 18.5 Å². The molecule has 2 atom stereocenters. The van der Waals surface area contributed by atoms with E-state index in [2.05, 4.69) is 17.3 Å². The summed E-state index contributed by atoms with van der Waals surface area (Å²) in [6.07, 6.45) is 3.48. The lowest BCUT2D eigenvalue weighted by molar-refractivity contribution is 0.517. The van der Waals surface area contributed by atoms with E-state index < -0.39 is 10.8 Å². The third-order valence-corrected chi connectivity index (χ3v) is 4.21. The van der Waals surface area contributed by atoms with Gasteiger partial charge in [0.05, 0.1) is 16.4 Å². The minimum Gasteiger partial charge on any atom is -0.309 e. The van der Waals surface area contributed by atoms with Gasteiger partial charge in [-0.05, 0) is 19.8 Å². The summed E-state index contributed by atoms with van der Waals surface area (Å²) in [5.74, 6) is 0.730. The van der Waals surface area contributed by atoms with E-state index in [0.29, 0.717) is 12.6 Å². The second-order valence-electron chi connectivity index (χ2n) is 4.53. The van der Waals surface area contributed by atoms with Crippen LogP contribution < -0.4 is 5.32 Å². The quantitative estimate of drug-likeness (QED) is 0.834. The molecule has 1 aromatic rings. The average molecular weight is 292 g/mol. The van der Waals surface area contributed by atoms with Crippen LogP contribution in [-0.4, -0.2) is 32.0 Å². The van der Waals surface area contributed by atoms with Crippen LogP contribution in [-0.2, 0) is 30.8 Å². The SMILES string of the molecule is CCc1nn(C)c(CNC(C)CCS(C)=O)c1Cl. The second kappa shape index (κ2) is 7.26. The molecule has 0 amide bonds. The summed E-state index contributed by atoms with van der Waals surface area (Å²) >= 11 is 6.27. The summed E-state index contributed by atoms with van der Waals surface area (Å²) in [6, 6.07) is 0.324. The normalized spacial score (nSPS) is 14.7. The topological polar surface area (TPSA) is 46.9 Å². The summed E-state index contributed by atoms with van der Waals surface area (Å²) in [7, 11) is 1.19. The van der Waals surface area contributed by atoms with Crippen LogP contribution in [0.3, 0.4) is 0 Å². The highest BCUT2D eigenvalue weighted by Gasteiger charge is 2.13. The highest BCUT2D eigenvalue weighted by Crippen LogP contribution is 2.20. The molecule has 0 aliphatic carbocycles. The van der Waals surface area contributed by atoms with E-state index >= 15 is 0 Å². The number of hydrogen-bond acceptors (Lipinski definition) is 3. The maximum atomic E-state index is 11.0. The third-order valence-electron chi connectivity index (χ3n) is 2.96. The zero-order valence-corrected chi connectivity index (χ0v) is 13.1. The number of aromatic nitrogens is 2. The van der Waals surface area contributed by atoms with Crippen molar-refractivity contribution >= 4 is 22.4 Å². The van der Waals surface area contributed by atoms with Gasteiger partial charge in [-0.15, -0.1) is 0 Å².